The highest BCUT2D eigenvalue weighted by Gasteiger charge is 2.14. The summed E-state index contributed by atoms with van der Waals surface area (Å²) >= 11 is 0. The van der Waals surface area contributed by atoms with E-state index in [0.717, 1.165) is 49.4 Å². The molecule has 0 fully saturated rings. The van der Waals surface area contributed by atoms with E-state index in [0.29, 0.717) is 26.4 Å². The van der Waals surface area contributed by atoms with Crippen molar-refractivity contribution in [3.05, 3.63) is 50.6 Å². The van der Waals surface area contributed by atoms with Gasteiger partial charge in [-0.2, -0.15) is 0 Å². The second-order valence-corrected chi connectivity index (χ2v) is 25.7. The molecule has 0 rings (SSSR count). The van der Waals surface area contributed by atoms with E-state index in [1.54, 1.807) is 0 Å². The van der Waals surface area contributed by atoms with E-state index in [-0.39, 0.29) is 23.9 Å². The van der Waals surface area contributed by atoms with Crippen LogP contribution in [0.1, 0.15) is 389 Å². The maximum Gasteiger partial charge on any atom is 0.330 e. The molecule has 0 radical (unpaired) electrons. The molecule has 8 nitrogen and oxygen atoms in total. The lowest BCUT2D eigenvalue weighted by Crippen LogP contribution is -2.09. The van der Waals surface area contributed by atoms with Crippen LogP contribution in [0, 0.1) is 23.7 Å². The van der Waals surface area contributed by atoms with Crippen LogP contribution in [0.2, 0.25) is 0 Å². The lowest BCUT2D eigenvalue weighted by molar-refractivity contribution is -0.139. The predicted molar refractivity (Wildman–Crippen MR) is 384 cm³/mol. The van der Waals surface area contributed by atoms with E-state index in [4.69, 9.17) is 18.9 Å². The Morgan fingerprint density at radius 1 is 0.216 bits per heavy atom. The Kier molecular flexibility index (Phi) is 82.9. The van der Waals surface area contributed by atoms with Crippen molar-refractivity contribution in [3.63, 3.8) is 0 Å². The van der Waals surface area contributed by atoms with Crippen LogP contribution >= 0.6 is 0 Å². The Labute approximate surface area is 549 Å². The molecule has 0 heterocycles. The minimum Gasteiger partial charge on any atom is -0.463 e. The first-order valence-corrected chi connectivity index (χ1v) is 38.1. The van der Waals surface area contributed by atoms with Crippen LogP contribution in [0.25, 0.3) is 0 Å². The molecule has 88 heavy (non-hydrogen) atoms. The highest BCUT2D eigenvalue weighted by atomic mass is 16.5. The largest absolute Gasteiger partial charge is 0.463 e. The third kappa shape index (κ3) is 77.1. The fraction of sp³-hybridized carbons (Fsp3) is 0.850. The van der Waals surface area contributed by atoms with Gasteiger partial charge in [0.2, 0.25) is 0 Å². The van der Waals surface area contributed by atoms with Gasteiger partial charge in [0.1, 0.15) is 0 Å². The molecular formula is C80H152O8. The van der Waals surface area contributed by atoms with Gasteiger partial charge in [-0.05, 0) is 49.4 Å². The van der Waals surface area contributed by atoms with Gasteiger partial charge in [0.25, 0.3) is 0 Å². The molecule has 520 valence electrons. The minimum atomic E-state index is -0.289. The van der Waals surface area contributed by atoms with E-state index in [9.17, 15) is 19.2 Å². The van der Waals surface area contributed by atoms with Gasteiger partial charge >= 0.3 is 23.9 Å². The van der Waals surface area contributed by atoms with Gasteiger partial charge in [0, 0.05) is 24.3 Å². The summed E-state index contributed by atoms with van der Waals surface area (Å²) in [5.41, 5.74) is 0. The summed E-state index contributed by atoms with van der Waals surface area (Å²) in [5.74, 6) is 1.74. The van der Waals surface area contributed by atoms with Crippen LogP contribution in [-0.2, 0) is 38.1 Å². The summed E-state index contributed by atoms with van der Waals surface area (Å²) in [6, 6.07) is 0. The number of unbranched alkanes of at least 4 members (excludes halogenated alkanes) is 32. The number of ether oxygens (including phenoxy) is 4. The van der Waals surface area contributed by atoms with Crippen molar-refractivity contribution in [2.45, 2.75) is 389 Å². The Morgan fingerprint density at radius 2 is 0.341 bits per heavy atom. The van der Waals surface area contributed by atoms with Gasteiger partial charge in [0.05, 0.1) is 26.4 Å². The Bertz CT molecular complexity index is 1460. The average molecular weight is 1240 g/mol. The van der Waals surface area contributed by atoms with Crippen molar-refractivity contribution in [2.75, 3.05) is 26.4 Å². The maximum absolute atomic E-state index is 11.1. The molecule has 0 aliphatic heterocycles. The molecule has 0 aromatic carbocycles. The topological polar surface area (TPSA) is 105 Å². The zero-order chi connectivity index (χ0) is 65.9. The first-order chi connectivity index (χ1) is 43.0. The van der Waals surface area contributed by atoms with Crippen LogP contribution in [0.4, 0.5) is 0 Å². The van der Waals surface area contributed by atoms with Crippen molar-refractivity contribution < 1.29 is 38.1 Å². The lowest BCUT2D eigenvalue weighted by Gasteiger charge is -2.17. The van der Waals surface area contributed by atoms with Crippen LogP contribution < -0.4 is 0 Å². The van der Waals surface area contributed by atoms with Crippen LogP contribution in [-0.4, -0.2) is 50.3 Å². The third-order valence-corrected chi connectivity index (χ3v) is 17.5. The number of carbonyl (C=O) groups excluding carboxylic acids is 4. The number of hydrogen-bond donors (Lipinski definition) is 0. The monoisotopic (exact) mass is 1240 g/mol. The molecule has 0 saturated carbocycles. The number of esters is 4. The van der Waals surface area contributed by atoms with E-state index in [1.807, 2.05) is 0 Å². The molecule has 0 aliphatic carbocycles. The zero-order valence-corrected chi connectivity index (χ0v) is 60.3. The lowest BCUT2D eigenvalue weighted by atomic mass is 9.92. The van der Waals surface area contributed by atoms with Crippen molar-refractivity contribution in [1.29, 1.82) is 0 Å². The molecule has 0 spiro atoms. The molecular weight excluding hydrogens is 1090 g/mol. The molecule has 0 aromatic heterocycles. The number of carbonyl (C=O) groups is 4. The van der Waals surface area contributed by atoms with Crippen LogP contribution in [0.15, 0.2) is 50.6 Å². The van der Waals surface area contributed by atoms with Gasteiger partial charge in [-0.3, -0.25) is 0 Å². The van der Waals surface area contributed by atoms with Gasteiger partial charge in [-0.15, -0.1) is 0 Å². The molecule has 0 N–H and O–H groups in total. The maximum atomic E-state index is 11.1. The summed E-state index contributed by atoms with van der Waals surface area (Å²) in [6.45, 7) is 34.0. The SMILES string of the molecule is C=CC(=O)OCCC(CCCCCC)CCCCCCC.C=CC(=O)OCCC(CCCCCC)CCCCCCCC.C=CC(=O)OCCC(CCCCCCC)CCCCCCC.C=CC(=O)OCCC(CCCCCCC)CCCCCCCC. The summed E-state index contributed by atoms with van der Waals surface area (Å²) in [5, 5.41) is 0. The van der Waals surface area contributed by atoms with Crippen molar-refractivity contribution in [3.8, 4) is 0 Å². The van der Waals surface area contributed by atoms with Crippen LogP contribution in [0.3, 0.4) is 0 Å². The van der Waals surface area contributed by atoms with Crippen molar-refractivity contribution >= 4 is 23.9 Å². The minimum absolute atomic E-state index is 0.286. The molecule has 0 amide bonds. The molecule has 0 saturated heterocycles. The molecule has 8 heteroatoms. The Hall–Kier alpha value is -3.16. The second-order valence-electron chi connectivity index (χ2n) is 25.7. The van der Waals surface area contributed by atoms with Crippen molar-refractivity contribution in [2.24, 2.45) is 23.7 Å². The van der Waals surface area contributed by atoms with Crippen LogP contribution in [0.5, 0.6) is 0 Å². The van der Waals surface area contributed by atoms with E-state index in [2.05, 4.69) is 81.7 Å². The average Bonchev–Trinajstić information content (AvgIpc) is 3.54. The summed E-state index contributed by atoms with van der Waals surface area (Å²) in [6.07, 6.45) is 73.2. The normalized spacial score (nSPS) is 11.8. The smallest absolute Gasteiger partial charge is 0.330 e. The fourth-order valence-corrected chi connectivity index (χ4v) is 11.6. The van der Waals surface area contributed by atoms with Gasteiger partial charge in [-0.1, -0.05) is 390 Å². The van der Waals surface area contributed by atoms with E-state index < -0.39 is 0 Å². The Balaban J connectivity index is -0.000000535. The van der Waals surface area contributed by atoms with Gasteiger partial charge < -0.3 is 18.9 Å². The van der Waals surface area contributed by atoms with E-state index in [1.165, 1.54) is 333 Å². The number of hydrogen-bond acceptors (Lipinski definition) is 8. The molecule has 0 bridgehead atoms. The van der Waals surface area contributed by atoms with Gasteiger partial charge in [-0.25, -0.2) is 19.2 Å². The third-order valence-electron chi connectivity index (χ3n) is 17.5. The summed E-state index contributed by atoms with van der Waals surface area (Å²) in [7, 11) is 0. The van der Waals surface area contributed by atoms with Gasteiger partial charge in [0.15, 0.2) is 0 Å². The highest BCUT2D eigenvalue weighted by Crippen LogP contribution is 2.26. The predicted octanol–water partition coefficient (Wildman–Crippen LogP) is 25.8. The first-order valence-electron chi connectivity index (χ1n) is 38.1. The van der Waals surface area contributed by atoms with E-state index >= 15 is 0 Å². The second kappa shape index (κ2) is 79.9. The van der Waals surface area contributed by atoms with Crippen molar-refractivity contribution in [1.82, 2.24) is 0 Å². The zero-order valence-electron chi connectivity index (χ0n) is 60.3. The number of rotatable bonds is 64. The standard InChI is InChI=1S/C21H40O2.2C20H38O2.C19H36O2/c1-4-7-9-11-13-15-17-20(16-14-12-10-8-5-2)18-19-23-21(22)6-3;1-4-7-9-11-12-14-16-19(15-13-10-8-5-2)17-18-22-20(21)6-3;1-4-7-9-11-13-15-19(16-14-12-10-8-5-2)17-18-22-20(21)6-3;1-4-7-9-11-13-15-18(14-12-10-8-5-2)16-17-21-19(20)6-3/h6,20H,3-5,7-19H2,1-2H3;2*6,19H,3-5,7-18H2,1-2H3;6,18H,3-5,7-17H2,1-2H3. The summed E-state index contributed by atoms with van der Waals surface area (Å²) < 4.78 is 20.6. The highest BCUT2D eigenvalue weighted by molar-refractivity contribution is 5.82. The molecule has 0 aliphatic rings. The first kappa shape index (κ1) is 91.3. The molecule has 3 unspecified atom stereocenters. The quantitative estimate of drug-likeness (QED) is 0.0257. The fourth-order valence-electron chi connectivity index (χ4n) is 11.6. The molecule has 0 aromatic rings. The summed E-state index contributed by atoms with van der Waals surface area (Å²) in [4.78, 5) is 44.5. The Morgan fingerprint density at radius 3 is 0.477 bits per heavy atom. The molecule has 3 atom stereocenters.